The van der Waals surface area contributed by atoms with Crippen LogP contribution >= 0.6 is 0 Å². The lowest BCUT2D eigenvalue weighted by atomic mass is 9.76. The van der Waals surface area contributed by atoms with E-state index in [1.165, 1.54) is 0 Å². The average molecular weight is 286 g/mol. The lowest BCUT2D eigenvalue weighted by Gasteiger charge is -2.23. The molecule has 2 atom stereocenters. The molecule has 0 fully saturated rings. The van der Waals surface area contributed by atoms with Crippen molar-refractivity contribution in [1.82, 2.24) is 0 Å². The highest BCUT2D eigenvalue weighted by Crippen LogP contribution is 2.40. The smallest absolute Gasteiger partial charge is 0.167 e. The number of hydrogen-bond donors (Lipinski definition) is 0. The Kier molecular flexibility index (Phi) is 3.73. The minimum atomic E-state index is -0.828. The Balaban J connectivity index is 2.04. The summed E-state index contributed by atoms with van der Waals surface area (Å²) in [6, 6.07) is 21.1. The molecule has 2 aromatic rings. The molecule has 2 aromatic carbocycles. The van der Waals surface area contributed by atoms with Gasteiger partial charge in [0.15, 0.2) is 5.78 Å². The van der Waals surface area contributed by atoms with Crippen LogP contribution in [0.15, 0.2) is 54.6 Å². The molecule has 1 aliphatic rings. The van der Waals surface area contributed by atoms with Gasteiger partial charge in [0.2, 0.25) is 0 Å². The first-order valence-electron chi connectivity index (χ1n) is 7.22. The molecule has 3 heteroatoms. The molecule has 0 heterocycles. The van der Waals surface area contributed by atoms with Crippen molar-refractivity contribution in [2.75, 3.05) is 0 Å². The number of rotatable bonds is 3. The molecule has 3 nitrogen and oxygen atoms in total. The van der Waals surface area contributed by atoms with Gasteiger partial charge in [-0.25, -0.2) is 0 Å². The first-order chi connectivity index (χ1) is 10.8. The lowest BCUT2D eigenvalue weighted by Crippen LogP contribution is -2.24. The van der Waals surface area contributed by atoms with Crippen LogP contribution in [0, 0.1) is 34.5 Å². The van der Waals surface area contributed by atoms with Crippen molar-refractivity contribution in [3.05, 3.63) is 71.3 Å². The number of nitrogens with zero attached hydrogens (tertiary/aromatic N) is 2. The topological polar surface area (TPSA) is 64.7 Å². The fourth-order valence-electron chi connectivity index (χ4n) is 3.28. The van der Waals surface area contributed by atoms with Crippen molar-refractivity contribution in [2.24, 2.45) is 11.8 Å². The molecule has 3 rings (SSSR count). The molecule has 0 aliphatic heterocycles. The summed E-state index contributed by atoms with van der Waals surface area (Å²) in [5.74, 6) is -1.52. The molecule has 0 bridgehead atoms. The largest absolute Gasteiger partial charge is 0.294 e. The van der Waals surface area contributed by atoms with Gasteiger partial charge in [0.1, 0.15) is 5.92 Å². The summed E-state index contributed by atoms with van der Waals surface area (Å²) >= 11 is 0. The average Bonchev–Trinajstić information content (AvgIpc) is 2.90. The fraction of sp³-hybridized carbons (Fsp3) is 0.211. The van der Waals surface area contributed by atoms with Crippen LogP contribution < -0.4 is 0 Å². The maximum absolute atomic E-state index is 12.7. The highest BCUT2D eigenvalue weighted by molar-refractivity contribution is 6.02. The third-order valence-corrected chi connectivity index (χ3v) is 4.31. The number of hydrogen-bond acceptors (Lipinski definition) is 3. The first-order valence-corrected chi connectivity index (χ1v) is 7.22. The fourth-order valence-corrected chi connectivity index (χ4v) is 3.28. The van der Waals surface area contributed by atoms with Gasteiger partial charge in [-0.2, -0.15) is 10.5 Å². The molecule has 106 valence electrons. The second-order valence-corrected chi connectivity index (χ2v) is 5.50. The summed E-state index contributed by atoms with van der Waals surface area (Å²) in [4.78, 5) is 12.7. The van der Waals surface area contributed by atoms with Crippen molar-refractivity contribution < 1.29 is 4.79 Å². The number of carbonyl (C=O) groups is 1. The number of benzene rings is 2. The Hall–Kier alpha value is -2.91. The van der Waals surface area contributed by atoms with Crippen LogP contribution in [0.3, 0.4) is 0 Å². The van der Waals surface area contributed by atoms with E-state index in [0.717, 1.165) is 16.7 Å². The zero-order chi connectivity index (χ0) is 15.5. The van der Waals surface area contributed by atoms with E-state index in [0.29, 0.717) is 6.42 Å². The SMILES string of the molecule is N#CC(C#N)C(c1ccccc1)C1Cc2ccccc2C1=O. The number of nitriles is 2. The van der Waals surface area contributed by atoms with Crippen LogP contribution in [0.4, 0.5) is 0 Å². The number of carbonyl (C=O) groups excluding carboxylic acids is 1. The summed E-state index contributed by atoms with van der Waals surface area (Å²) in [5, 5.41) is 18.7. The van der Waals surface area contributed by atoms with Gasteiger partial charge in [-0.1, -0.05) is 54.6 Å². The Morgan fingerprint density at radius 1 is 0.955 bits per heavy atom. The van der Waals surface area contributed by atoms with Gasteiger partial charge >= 0.3 is 0 Å². The number of Topliss-reactive ketones (excluding diaryl/α,β-unsaturated/α-hetero) is 1. The number of ketones is 1. The Morgan fingerprint density at radius 2 is 1.59 bits per heavy atom. The highest BCUT2D eigenvalue weighted by Gasteiger charge is 2.40. The minimum Gasteiger partial charge on any atom is -0.294 e. The standard InChI is InChI=1S/C19H14N2O/c20-11-15(12-21)18(13-6-2-1-3-7-13)17-10-14-8-4-5-9-16(14)19(17)22/h1-9,15,17-18H,10H2. The lowest BCUT2D eigenvalue weighted by molar-refractivity contribution is 0.0912. The van der Waals surface area contributed by atoms with Gasteiger partial charge in [-0.05, 0) is 17.5 Å². The van der Waals surface area contributed by atoms with E-state index in [-0.39, 0.29) is 11.7 Å². The Bertz CT molecular complexity index is 769. The van der Waals surface area contributed by atoms with Crippen LogP contribution in [0.1, 0.15) is 27.4 Å². The second-order valence-electron chi connectivity index (χ2n) is 5.50. The molecule has 0 N–H and O–H groups in total. The molecule has 0 aromatic heterocycles. The van der Waals surface area contributed by atoms with E-state index >= 15 is 0 Å². The third-order valence-electron chi connectivity index (χ3n) is 4.31. The van der Waals surface area contributed by atoms with Crippen molar-refractivity contribution in [3.8, 4) is 12.1 Å². The summed E-state index contributed by atoms with van der Waals surface area (Å²) < 4.78 is 0. The van der Waals surface area contributed by atoms with E-state index in [1.54, 1.807) is 0 Å². The van der Waals surface area contributed by atoms with Crippen molar-refractivity contribution >= 4 is 5.78 Å². The Labute approximate surface area is 129 Å². The first kappa shape index (κ1) is 14.0. The monoisotopic (exact) mass is 286 g/mol. The summed E-state index contributed by atoms with van der Waals surface area (Å²) in [5.41, 5.74) is 2.61. The molecule has 0 saturated heterocycles. The van der Waals surface area contributed by atoms with Crippen LogP contribution in [0.25, 0.3) is 0 Å². The van der Waals surface area contributed by atoms with Crippen molar-refractivity contribution in [2.45, 2.75) is 12.3 Å². The molecular weight excluding hydrogens is 272 g/mol. The zero-order valence-corrected chi connectivity index (χ0v) is 11.9. The van der Waals surface area contributed by atoms with Gasteiger partial charge in [0.25, 0.3) is 0 Å². The second kappa shape index (κ2) is 5.84. The van der Waals surface area contributed by atoms with Gasteiger partial charge in [0.05, 0.1) is 12.1 Å². The van der Waals surface area contributed by atoms with Gasteiger partial charge < -0.3 is 0 Å². The van der Waals surface area contributed by atoms with E-state index in [4.69, 9.17) is 0 Å². The normalized spacial score (nSPS) is 17.6. The van der Waals surface area contributed by atoms with Crippen LogP contribution in [-0.4, -0.2) is 5.78 Å². The zero-order valence-electron chi connectivity index (χ0n) is 11.9. The molecule has 1 aliphatic carbocycles. The van der Waals surface area contributed by atoms with E-state index < -0.39 is 11.8 Å². The maximum Gasteiger partial charge on any atom is 0.167 e. The quantitative estimate of drug-likeness (QED) is 0.867. The van der Waals surface area contributed by atoms with E-state index in [1.807, 2.05) is 54.6 Å². The number of fused-ring (bicyclic) bond motifs is 1. The molecular formula is C19H14N2O. The summed E-state index contributed by atoms with van der Waals surface area (Å²) in [6.45, 7) is 0. The Morgan fingerprint density at radius 3 is 2.23 bits per heavy atom. The molecule has 0 saturated carbocycles. The molecule has 0 amide bonds. The molecule has 0 spiro atoms. The minimum absolute atomic E-state index is 0.0416. The van der Waals surface area contributed by atoms with Gasteiger partial charge in [-0.15, -0.1) is 0 Å². The molecule has 2 unspecified atom stereocenters. The van der Waals surface area contributed by atoms with Crippen LogP contribution in [-0.2, 0) is 6.42 Å². The van der Waals surface area contributed by atoms with E-state index in [2.05, 4.69) is 12.1 Å². The van der Waals surface area contributed by atoms with Gasteiger partial charge in [0, 0.05) is 17.4 Å². The molecule has 22 heavy (non-hydrogen) atoms. The summed E-state index contributed by atoms with van der Waals surface area (Å²) in [6.07, 6.45) is 0.592. The summed E-state index contributed by atoms with van der Waals surface area (Å²) in [7, 11) is 0. The highest BCUT2D eigenvalue weighted by atomic mass is 16.1. The van der Waals surface area contributed by atoms with Crippen LogP contribution in [0.2, 0.25) is 0 Å². The van der Waals surface area contributed by atoms with E-state index in [9.17, 15) is 15.3 Å². The predicted octanol–water partition coefficient (Wildman–Crippen LogP) is 3.49. The third kappa shape index (κ3) is 2.28. The van der Waals surface area contributed by atoms with Crippen LogP contribution in [0.5, 0.6) is 0 Å². The van der Waals surface area contributed by atoms with Gasteiger partial charge in [-0.3, -0.25) is 4.79 Å². The molecule has 0 radical (unpaired) electrons. The maximum atomic E-state index is 12.7. The van der Waals surface area contributed by atoms with Crippen molar-refractivity contribution in [3.63, 3.8) is 0 Å². The predicted molar refractivity (Wildman–Crippen MR) is 81.9 cm³/mol. The van der Waals surface area contributed by atoms with Crippen molar-refractivity contribution in [1.29, 1.82) is 10.5 Å².